The van der Waals surface area contributed by atoms with Gasteiger partial charge in [-0.15, -0.1) is 0 Å². The average molecular weight is 467 g/mol. The van der Waals surface area contributed by atoms with E-state index in [0.29, 0.717) is 11.5 Å². The second-order valence-corrected chi connectivity index (χ2v) is 8.13. The molecule has 0 bridgehead atoms. The van der Waals surface area contributed by atoms with Crippen LogP contribution < -0.4 is 0 Å². The second-order valence-electron chi connectivity index (χ2n) is 7.27. The van der Waals surface area contributed by atoms with Gasteiger partial charge in [-0.25, -0.2) is 9.98 Å². The van der Waals surface area contributed by atoms with E-state index in [9.17, 15) is 0 Å². The molecule has 3 aromatic carbocycles. The summed E-state index contributed by atoms with van der Waals surface area (Å²) in [5.41, 5.74) is 6.97. The summed E-state index contributed by atoms with van der Waals surface area (Å²) < 4.78 is 1.08. The summed E-state index contributed by atoms with van der Waals surface area (Å²) >= 11 is 3.69. The highest BCUT2D eigenvalue weighted by Gasteiger charge is 2.13. The minimum Gasteiger partial charge on any atom is -0.233 e. The van der Waals surface area contributed by atoms with Crippen molar-refractivity contribution in [3.63, 3.8) is 0 Å². The average Bonchev–Trinajstić information content (AvgIpc) is 3.07. The van der Waals surface area contributed by atoms with E-state index in [0.717, 1.165) is 33.3 Å². The van der Waals surface area contributed by atoms with Crippen LogP contribution in [0.15, 0.2) is 106 Å². The Morgan fingerprint density at radius 1 is 0.774 bits per heavy atom. The highest BCUT2D eigenvalue weighted by Crippen LogP contribution is 2.29. The first-order valence-corrected chi connectivity index (χ1v) is 11.0. The van der Waals surface area contributed by atoms with Crippen molar-refractivity contribution in [1.29, 1.82) is 0 Å². The Bertz CT molecular complexity index is 1220. The van der Waals surface area contributed by atoms with Crippen LogP contribution in [-0.2, 0) is 0 Å². The lowest BCUT2D eigenvalue weighted by Gasteiger charge is -2.12. The third-order valence-electron chi connectivity index (χ3n) is 5.12. The highest BCUT2D eigenvalue weighted by atomic mass is 79.9. The first-order valence-electron chi connectivity index (χ1n) is 10.2. The normalized spacial score (nSPS) is 13.6. The van der Waals surface area contributed by atoms with Gasteiger partial charge < -0.3 is 0 Å². The van der Waals surface area contributed by atoms with Crippen molar-refractivity contribution in [2.45, 2.75) is 13.3 Å². The van der Waals surface area contributed by atoms with Gasteiger partial charge in [-0.3, -0.25) is 0 Å². The molecular weight excluding hydrogens is 444 g/mol. The van der Waals surface area contributed by atoms with E-state index in [-0.39, 0.29) is 0 Å². The summed E-state index contributed by atoms with van der Waals surface area (Å²) in [6, 6.07) is 24.2. The Hall–Kier alpha value is -3.30. The SMILES string of the molecule is C=C(N=C(N=C(C)c1ccc(Br)c2c1C=CCC=C2)c1ccccc1)c1ccccc1. The first-order chi connectivity index (χ1) is 15.1. The standard InChI is InChI=1S/C28H23BrN2/c1-20(22-12-6-3-7-13-22)30-28(23-14-8-4-9-15-23)31-21(2)24-18-19-27(29)26-17-11-5-10-16-25(24)26/h3-4,6-19H,1,5H2,2H3. The molecule has 2 nitrogen and oxygen atoms in total. The van der Waals surface area contributed by atoms with Crippen LogP contribution in [0, 0.1) is 0 Å². The van der Waals surface area contributed by atoms with Gasteiger partial charge in [0.05, 0.1) is 5.70 Å². The van der Waals surface area contributed by atoms with Gasteiger partial charge in [0, 0.05) is 21.3 Å². The molecule has 0 radical (unpaired) electrons. The van der Waals surface area contributed by atoms with Crippen molar-refractivity contribution in [3.05, 3.63) is 124 Å². The molecule has 0 fully saturated rings. The number of fused-ring (bicyclic) bond motifs is 1. The number of hydrogen-bond acceptors (Lipinski definition) is 1. The Morgan fingerprint density at radius 3 is 2.06 bits per heavy atom. The second kappa shape index (κ2) is 9.67. The third-order valence-corrected chi connectivity index (χ3v) is 5.81. The van der Waals surface area contributed by atoms with Gasteiger partial charge in [0.1, 0.15) is 0 Å². The van der Waals surface area contributed by atoms with Gasteiger partial charge in [0.15, 0.2) is 5.84 Å². The number of hydrogen-bond donors (Lipinski definition) is 0. The minimum atomic E-state index is 0.650. The number of amidine groups is 1. The fourth-order valence-electron chi connectivity index (χ4n) is 3.51. The lowest BCUT2D eigenvalue weighted by Crippen LogP contribution is -2.06. The zero-order valence-electron chi connectivity index (χ0n) is 17.4. The Kier molecular flexibility index (Phi) is 6.54. The zero-order chi connectivity index (χ0) is 21.6. The van der Waals surface area contributed by atoms with E-state index in [4.69, 9.17) is 9.98 Å². The van der Waals surface area contributed by atoms with Gasteiger partial charge in [0.2, 0.25) is 0 Å². The van der Waals surface area contributed by atoms with E-state index in [1.807, 2.05) is 67.6 Å². The monoisotopic (exact) mass is 466 g/mol. The number of aliphatic imine (C=N–C) groups is 2. The van der Waals surface area contributed by atoms with Crippen LogP contribution in [0.25, 0.3) is 17.8 Å². The largest absolute Gasteiger partial charge is 0.233 e. The summed E-state index contributed by atoms with van der Waals surface area (Å²) in [4.78, 5) is 9.81. The predicted octanol–water partition coefficient (Wildman–Crippen LogP) is 7.81. The van der Waals surface area contributed by atoms with E-state index >= 15 is 0 Å². The van der Waals surface area contributed by atoms with Crippen molar-refractivity contribution in [2.24, 2.45) is 9.98 Å². The van der Waals surface area contributed by atoms with Gasteiger partial charge in [-0.05, 0) is 36.1 Å². The number of allylic oxidation sites excluding steroid dienone is 2. The van der Waals surface area contributed by atoms with Crippen molar-refractivity contribution in [3.8, 4) is 0 Å². The van der Waals surface area contributed by atoms with Crippen molar-refractivity contribution < 1.29 is 0 Å². The summed E-state index contributed by atoms with van der Waals surface area (Å²) in [6.45, 7) is 6.22. The molecule has 3 aromatic rings. The summed E-state index contributed by atoms with van der Waals surface area (Å²) in [6.07, 6.45) is 9.61. The van der Waals surface area contributed by atoms with Crippen molar-refractivity contribution in [1.82, 2.24) is 0 Å². The molecular formula is C28H23BrN2. The quantitative estimate of drug-likeness (QED) is 0.276. The molecule has 0 heterocycles. The number of halogens is 1. The van der Waals surface area contributed by atoms with E-state index in [2.05, 4.69) is 58.9 Å². The third kappa shape index (κ3) is 4.89. The van der Waals surface area contributed by atoms with E-state index < -0.39 is 0 Å². The summed E-state index contributed by atoms with van der Waals surface area (Å²) in [5, 5.41) is 0. The van der Waals surface area contributed by atoms with Gasteiger partial charge >= 0.3 is 0 Å². The van der Waals surface area contributed by atoms with Crippen molar-refractivity contribution in [2.75, 3.05) is 0 Å². The molecule has 4 rings (SSSR count). The molecule has 1 aliphatic carbocycles. The van der Waals surface area contributed by atoms with E-state index in [1.54, 1.807) is 0 Å². The molecule has 0 amide bonds. The first kappa shape index (κ1) is 21.0. The molecule has 0 saturated heterocycles. The molecule has 31 heavy (non-hydrogen) atoms. The molecule has 0 aromatic heterocycles. The molecule has 0 aliphatic heterocycles. The summed E-state index contributed by atoms with van der Waals surface area (Å²) in [5.74, 6) is 0.650. The molecule has 152 valence electrons. The topological polar surface area (TPSA) is 24.7 Å². The molecule has 3 heteroatoms. The molecule has 0 atom stereocenters. The lowest BCUT2D eigenvalue weighted by atomic mass is 9.98. The fourth-order valence-corrected chi connectivity index (χ4v) is 3.99. The van der Waals surface area contributed by atoms with Gasteiger partial charge in [0.25, 0.3) is 0 Å². The Labute approximate surface area is 192 Å². The van der Waals surface area contributed by atoms with Crippen LogP contribution in [0.5, 0.6) is 0 Å². The molecule has 0 unspecified atom stereocenters. The molecule has 1 aliphatic rings. The number of rotatable bonds is 4. The smallest absolute Gasteiger partial charge is 0.160 e. The van der Waals surface area contributed by atoms with Crippen LogP contribution in [0.1, 0.15) is 41.2 Å². The number of benzene rings is 3. The van der Waals surface area contributed by atoms with Crippen LogP contribution in [-0.4, -0.2) is 11.5 Å². The Morgan fingerprint density at radius 2 is 1.39 bits per heavy atom. The molecule has 0 spiro atoms. The number of nitrogens with zero attached hydrogens (tertiary/aromatic N) is 2. The van der Waals surface area contributed by atoms with Crippen molar-refractivity contribution >= 4 is 45.3 Å². The van der Waals surface area contributed by atoms with Crippen LogP contribution in [0.3, 0.4) is 0 Å². The fraction of sp³-hybridized carbons (Fsp3) is 0.0714. The lowest BCUT2D eigenvalue weighted by molar-refractivity contribution is 1.43. The Balaban J connectivity index is 1.81. The molecule has 0 saturated carbocycles. The zero-order valence-corrected chi connectivity index (χ0v) is 19.0. The molecule has 0 N–H and O–H groups in total. The van der Waals surface area contributed by atoms with Crippen LogP contribution >= 0.6 is 15.9 Å². The highest BCUT2D eigenvalue weighted by molar-refractivity contribution is 9.10. The maximum Gasteiger partial charge on any atom is 0.160 e. The maximum absolute atomic E-state index is 4.98. The van der Waals surface area contributed by atoms with Crippen LogP contribution in [0.2, 0.25) is 0 Å². The minimum absolute atomic E-state index is 0.650. The maximum atomic E-state index is 4.98. The van der Waals surface area contributed by atoms with Gasteiger partial charge in [-0.2, -0.15) is 0 Å². The predicted molar refractivity (Wildman–Crippen MR) is 137 cm³/mol. The van der Waals surface area contributed by atoms with E-state index in [1.165, 1.54) is 11.1 Å². The van der Waals surface area contributed by atoms with Crippen LogP contribution in [0.4, 0.5) is 0 Å². The summed E-state index contributed by atoms with van der Waals surface area (Å²) in [7, 11) is 0. The van der Waals surface area contributed by atoms with Gasteiger partial charge in [-0.1, -0.05) is 114 Å².